The lowest BCUT2D eigenvalue weighted by Crippen LogP contribution is -2.46. The van der Waals surface area contributed by atoms with Crippen LogP contribution in [0.3, 0.4) is 0 Å². The van der Waals surface area contributed by atoms with Crippen molar-refractivity contribution < 1.29 is 27.6 Å². The molecule has 4 aromatic heterocycles. The molecule has 0 radical (unpaired) electrons. The first-order valence-corrected chi connectivity index (χ1v) is 12.1. The van der Waals surface area contributed by atoms with Crippen LogP contribution in [0.1, 0.15) is 41.9 Å². The van der Waals surface area contributed by atoms with E-state index in [1.807, 2.05) is 6.92 Å². The number of tetrazole rings is 1. The number of carbonyl (C=O) groups is 2. The van der Waals surface area contributed by atoms with Crippen LogP contribution >= 0.6 is 0 Å². The predicted octanol–water partition coefficient (Wildman–Crippen LogP) is 2.80. The smallest absolute Gasteiger partial charge is 0.250 e. The Morgan fingerprint density at radius 3 is 2.68 bits per heavy atom. The zero-order valence-electron chi connectivity index (χ0n) is 20.6. The molecule has 1 N–H and O–H groups in total. The number of aryl methyl sites for hydroxylation is 2. The molecule has 5 rings (SSSR count). The third kappa shape index (κ3) is 5.80. The minimum Gasteiger partial charge on any atom is -0.467 e. The van der Waals surface area contributed by atoms with Crippen molar-refractivity contribution in [3.05, 3.63) is 65.7 Å². The lowest BCUT2D eigenvalue weighted by atomic mass is 10.1. The fourth-order valence-corrected chi connectivity index (χ4v) is 4.21. The van der Waals surface area contributed by atoms with Crippen LogP contribution in [-0.2, 0) is 27.4 Å². The number of rotatable bonds is 10. The Bertz CT molecular complexity index is 1330. The number of hydrogen-bond donors (Lipinski definition) is 1. The Labute approximate surface area is 212 Å². The van der Waals surface area contributed by atoms with E-state index in [1.54, 1.807) is 43.3 Å². The highest BCUT2D eigenvalue weighted by Crippen LogP contribution is 2.27. The van der Waals surface area contributed by atoms with E-state index in [4.69, 9.17) is 18.0 Å². The van der Waals surface area contributed by atoms with Crippen molar-refractivity contribution in [2.75, 3.05) is 13.2 Å². The maximum Gasteiger partial charge on any atom is 0.250 e. The van der Waals surface area contributed by atoms with Gasteiger partial charge in [-0.2, -0.15) is 4.80 Å². The summed E-state index contributed by atoms with van der Waals surface area (Å²) in [4.78, 5) is 29.7. The average Bonchev–Trinajstić information content (AvgIpc) is 3.69. The van der Waals surface area contributed by atoms with Gasteiger partial charge >= 0.3 is 0 Å². The molecule has 2 amide bonds. The van der Waals surface area contributed by atoms with E-state index in [1.165, 1.54) is 16.0 Å². The molecule has 194 valence electrons. The molecule has 0 bridgehead atoms. The van der Waals surface area contributed by atoms with Crippen LogP contribution in [0, 0.1) is 13.8 Å². The minimum atomic E-state index is -1.05. The van der Waals surface area contributed by atoms with Crippen LogP contribution in [-0.4, -0.2) is 56.2 Å². The number of ether oxygens (including phenoxy) is 1. The van der Waals surface area contributed by atoms with Crippen molar-refractivity contribution in [2.24, 2.45) is 0 Å². The van der Waals surface area contributed by atoms with Gasteiger partial charge in [-0.05, 0) is 68.3 Å². The summed E-state index contributed by atoms with van der Waals surface area (Å²) < 4.78 is 22.5. The largest absolute Gasteiger partial charge is 0.467 e. The van der Waals surface area contributed by atoms with Gasteiger partial charge in [-0.25, -0.2) is 0 Å². The maximum atomic E-state index is 13.7. The standard InChI is InChI=1S/C25H28N6O6/c1-16-7-9-20(36-16)23(25(33)26-13-18-5-3-11-34-18)30(14-19-6-4-12-35-19)22(32)15-31-28-24(27-29-31)21-10-8-17(2)37-21/h4,6-10,12,18,23H,3,5,11,13-15H2,1-2H3,(H,26,33). The topological polar surface area (TPSA) is 142 Å². The number of hydrogen-bond acceptors (Lipinski definition) is 9. The first-order valence-electron chi connectivity index (χ1n) is 12.1. The van der Waals surface area contributed by atoms with Crippen LogP contribution < -0.4 is 5.32 Å². The number of carbonyl (C=O) groups excluding carboxylic acids is 2. The second kappa shape index (κ2) is 10.8. The van der Waals surface area contributed by atoms with Gasteiger partial charge in [-0.1, -0.05) is 0 Å². The van der Waals surface area contributed by atoms with Gasteiger partial charge in [0.2, 0.25) is 11.7 Å². The lowest BCUT2D eigenvalue weighted by Gasteiger charge is -2.29. The van der Waals surface area contributed by atoms with Crippen LogP contribution in [0.25, 0.3) is 11.6 Å². The average molecular weight is 509 g/mol. The number of nitrogens with zero attached hydrogens (tertiary/aromatic N) is 5. The van der Waals surface area contributed by atoms with Gasteiger partial charge < -0.3 is 28.2 Å². The van der Waals surface area contributed by atoms with Crippen LogP contribution in [0.2, 0.25) is 0 Å². The maximum absolute atomic E-state index is 13.7. The lowest BCUT2D eigenvalue weighted by molar-refractivity contribution is -0.143. The van der Waals surface area contributed by atoms with E-state index in [0.717, 1.165) is 12.8 Å². The second-order valence-electron chi connectivity index (χ2n) is 8.89. The van der Waals surface area contributed by atoms with E-state index in [0.29, 0.717) is 42.0 Å². The summed E-state index contributed by atoms with van der Waals surface area (Å²) >= 11 is 0. The molecule has 0 aliphatic carbocycles. The summed E-state index contributed by atoms with van der Waals surface area (Å²) in [5.74, 6) is 2.05. The van der Waals surface area contributed by atoms with Crippen molar-refractivity contribution in [2.45, 2.75) is 51.9 Å². The highest BCUT2D eigenvalue weighted by molar-refractivity contribution is 5.88. The molecule has 12 heteroatoms. The quantitative estimate of drug-likeness (QED) is 0.342. The van der Waals surface area contributed by atoms with Gasteiger partial charge in [-0.3, -0.25) is 9.59 Å². The van der Waals surface area contributed by atoms with Crippen molar-refractivity contribution in [1.29, 1.82) is 0 Å². The summed E-state index contributed by atoms with van der Waals surface area (Å²) in [6, 6.07) is 9.37. The number of furan rings is 3. The van der Waals surface area contributed by atoms with E-state index < -0.39 is 11.9 Å². The van der Waals surface area contributed by atoms with Crippen molar-refractivity contribution in [1.82, 2.24) is 30.4 Å². The zero-order valence-corrected chi connectivity index (χ0v) is 20.6. The Morgan fingerprint density at radius 2 is 2.00 bits per heavy atom. The van der Waals surface area contributed by atoms with Gasteiger partial charge in [0, 0.05) is 13.2 Å². The molecular formula is C25H28N6O6. The molecule has 37 heavy (non-hydrogen) atoms. The van der Waals surface area contributed by atoms with E-state index in [2.05, 4.69) is 20.7 Å². The molecule has 0 aromatic carbocycles. The van der Waals surface area contributed by atoms with Gasteiger partial charge in [-0.15, -0.1) is 10.2 Å². The first-order chi connectivity index (χ1) is 18.0. The van der Waals surface area contributed by atoms with E-state index in [9.17, 15) is 9.59 Å². The molecule has 5 heterocycles. The number of nitrogens with one attached hydrogen (secondary N) is 1. The molecule has 4 aromatic rings. The van der Waals surface area contributed by atoms with E-state index in [-0.39, 0.29) is 30.9 Å². The molecule has 0 spiro atoms. The second-order valence-corrected chi connectivity index (χ2v) is 8.89. The van der Waals surface area contributed by atoms with Gasteiger partial charge in [0.1, 0.15) is 29.6 Å². The summed E-state index contributed by atoms with van der Waals surface area (Å²) in [6.45, 7) is 4.37. The fourth-order valence-electron chi connectivity index (χ4n) is 4.21. The normalized spacial score (nSPS) is 16.1. The summed E-state index contributed by atoms with van der Waals surface area (Å²) in [5, 5.41) is 15.2. The third-order valence-corrected chi connectivity index (χ3v) is 6.04. The summed E-state index contributed by atoms with van der Waals surface area (Å²) in [5.41, 5.74) is 0. The molecule has 12 nitrogen and oxygen atoms in total. The molecule has 1 aliphatic rings. The minimum absolute atomic E-state index is 0.0303. The van der Waals surface area contributed by atoms with Gasteiger partial charge in [0.05, 0.1) is 18.9 Å². The Kier molecular flexibility index (Phi) is 7.17. The SMILES string of the molecule is Cc1ccc(-c2nnn(CC(=O)N(Cc3ccco3)C(C(=O)NCC3CCCO3)c3ccc(C)o3)n2)o1. The van der Waals surface area contributed by atoms with Gasteiger partial charge in [0.25, 0.3) is 5.91 Å². The molecule has 1 saturated heterocycles. The predicted molar refractivity (Wildman–Crippen MR) is 128 cm³/mol. The number of amides is 2. The van der Waals surface area contributed by atoms with E-state index >= 15 is 0 Å². The zero-order chi connectivity index (χ0) is 25.8. The van der Waals surface area contributed by atoms with Crippen molar-refractivity contribution in [3.8, 4) is 11.6 Å². The van der Waals surface area contributed by atoms with Crippen LogP contribution in [0.4, 0.5) is 0 Å². The third-order valence-electron chi connectivity index (χ3n) is 6.04. The van der Waals surface area contributed by atoms with Gasteiger partial charge in [0.15, 0.2) is 11.8 Å². The van der Waals surface area contributed by atoms with Crippen molar-refractivity contribution >= 4 is 11.8 Å². The molecule has 2 unspecified atom stereocenters. The molecule has 1 fully saturated rings. The number of aromatic nitrogens is 4. The monoisotopic (exact) mass is 508 g/mol. The van der Waals surface area contributed by atoms with Crippen molar-refractivity contribution in [3.63, 3.8) is 0 Å². The highest BCUT2D eigenvalue weighted by atomic mass is 16.5. The fraction of sp³-hybridized carbons (Fsp3) is 0.400. The first kappa shape index (κ1) is 24.5. The van der Waals surface area contributed by atoms with Crippen LogP contribution in [0.15, 0.2) is 55.9 Å². The highest BCUT2D eigenvalue weighted by Gasteiger charge is 2.35. The van der Waals surface area contributed by atoms with Crippen LogP contribution in [0.5, 0.6) is 0 Å². The molecule has 0 saturated carbocycles. The summed E-state index contributed by atoms with van der Waals surface area (Å²) in [6.07, 6.45) is 3.28. The Balaban J connectivity index is 1.40. The molecular weight excluding hydrogens is 480 g/mol. The Hall–Kier alpha value is -4.19. The summed E-state index contributed by atoms with van der Waals surface area (Å²) in [7, 11) is 0. The molecule has 1 aliphatic heterocycles. The molecule has 2 atom stereocenters. The Morgan fingerprint density at radius 1 is 1.16 bits per heavy atom.